The molecule has 1 aliphatic rings. The molecule has 0 amide bonds. The zero-order valence-electron chi connectivity index (χ0n) is 18.1. The Bertz CT molecular complexity index is 716. The lowest BCUT2D eigenvalue weighted by Crippen LogP contribution is -2.48. The molecule has 0 bridgehead atoms. The first-order valence-corrected chi connectivity index (χ1v) is 12.3. The summed E-state index contributed by atoms with van der Waals surface area (Å²) in [6.07, 6.45) is 2.89. The van der Waals surface area contributed by atoms with Crippen molar-refractivity contribution in [1.82, 2.24) is 19.8 Å². The van der Waals surface area contributed by atoms with Gasteiger partial charge in [-0.3, -0.25) is 9.89 Å². The molecule has 0 atom stereocenters. The Hall–Kier alpha value is -1.64. The lowest BCUT2D eigenvalue weighted by atomic mass is 10.0. The molecule has 1 aromatic carbocycles. The molecule has 1 aromatic rings. The quantitative estimate of drug-likeness (QED) is 0.341. The first-order valence-electron chi connectivity index (χ1n) is 10.7. The van der Waals surface area contributed by atoms with E-state index >= 15 is 0 Å². The van der Waals surface area contributed by atoms with Crippen LogP contribution in [0.3, 0.4) is 0 Å². The number of sulfonamides is 1. The van der Waals surface area contributed by atoms with Crippen molar-refractivity contribution in [3.63, 3.8) is 0 Å². The summed E-state index contributed by atoms with van der Waals surface area (Å²) in [6.45, 7) is 8.79. The van der Waals surface area contributed by atoms with Crippen LogP contribution in [0.2, 0.25) is 0 Å². The van der Waals surface area contributed by atoms with E-state index in [1.807, 2.05) is 0 Å². The van der Waals surface area contributed by atoms with Crippen molar-refractivity contribution in [2.24, 2.45) is 4.99 Å². The fourth-order valence-corrected chi connectivity index (χ4v) is 4.28. The van der Waals surface area contributed by atoms with E-state index in [4.69, 9.17) is 0 Å². The molecular formula is C21H37N5O2S. The van der Waals surface area contributed by atoms with E-state index in [9.17, 15) is 8.42 Å². The van der Waals surface area contributed by atoms with Gasteiger partial charge in [-0.2, -0.15) is 0 Å². The number of nitrogens with one attached hydrogen (secondary N) is 2. The van der Waals surface area contributed by atoms with Crippen LogP contribution in [0.5, 0.6) is 0 Å². The van der Waals surface area contributed by atoms with E-state index in [0.717, 1.165) is 45.0 Å². The Kier molecular flexibility index (Phi) is 9.90. The van der Waals surface area contributed by atoms with E-state index in [1.54, 1.807) is 14.0 Å². The molecular weight excluding hydrogens is 386 g/mol. The molecule has 0 aliphatic carbocycles. The van der Waals surface area contributed by atoms with Gasteiger partial charge in [-0.05, 0) is 38.7 Å². The third kappa shape index (κ3) is 8.32. The molecule has 1 saturated heterocycles. The largest absolute Gasteiger partial charge is 0.357 e. The maximum absolute atomic E-state index is 11.8. The molecule has 0 spiro atoms. The summed E-state index contributed by atoms with van der Waals surface area (Å²) in [5.41, 5.74) is 1.36. The van der Waals surface area contributed by atoms with Gasteiger partial charge in [-0.15, -0.1) is 0 Å². The molecule has 29 heavy (non-hydrogen) atoms. The smallest absolute Gasteiger partial charge is 0.213 e. The van der Waals surface area contributed by atoms with Crippen LogP contribution < -0.4 is 10.6 Å². The van der Waals surface area contributed by atoms with Crippen LogP contribution in [0, 0.1) is 0 Å². The van der Waals surface area contributed by atoms with E-state index < -0.39 is 10.0 Å². The SMILES string of the molecule is CCNC(=NCCCN(C)S(=O)(=O)CC)NC1CCN(Cc2ccccc2)CC1. The maximum Gasteiger partial charge on any atom is 0.213 e. The molecule has 1 fully saturated rings. The summed E-state index contributed by atoms with van der Waals surface area (Å²) in [7, 11) is -1.48. The summed E-state index contributed by atoms with van der Waals surface area (Å²) in [6, 6.07) is 11.0. The zero-order chi connectivity index (χ0) is 21.1. The molecule has 0 aromatic heterocycles. The first-order chi connectivity index (χ1) is 13.9. The van der Waals surface area contributed by atoms with Crippen LogP contribution in [0.1, 0.15) is 38.7 Å². The molecule has 0 unspecified atom stereocenters. The second-order valence-corrected chi connectivity index (χ2v) is 9.88. The van der Waals surface area contributed by atoms with Gasteiger partial charge in [0.05, 0.1) is 5.75 Å². The standard InChI is InChI=1S/C21H37N5O2S/c1-4-22-21(23-14-9-15-25(3)29(27,28)5-2)24-20-12-16-26(17-13-20)18-19-10-7-6-8-11-19/h6-8,10-11,20H,4-5,9,12-18H2,1-3H3,(H2,22,23,24). The predicted molar refractivity (Wildman–Crippen MR) is 121 cm³/mol. The molecule has 0 radical (unpaired) electrons. The molecule has 2 N–H and O–H groups in total. The van der Waals surface area contributed by atoms with Gasteiger partial charge >= 0.3 is 0 Å². The lowest BCUT2D eigenvalue weighted by molar-refractivity contribution is 0.198. The number of likely N-dealkylation sites (tertiary alicyclic amines) is 1. The highest BCUT2D eigenvalue weighted by Crippen LogP contribution is 2.13. The third-order valence-corrected chi connectivity index (χ3v) is 7.12. The van der Waals surface area contributed by atoms with Crippen molar-refractivity contribution >= 4 is 16.0 Å². The van der Waals surface area contributed by atoms with Gasteiger partial charge in [-0.25, -0.2) is 12.7 Å². The third-order valence-electron chi connectivity index (χ3n) is 5.26. The van der Waals surface area contributed by atoms with Gasteiger partial charge in [0.25, 0.3) is 0 Å². The average molecular weight is 424 g/mol. The fourth-order valence-electron chi connectivity index (χ4n) is 3.43. The van der Waals surface area contributed by atoms with Gasteiger partial charge in [0.2, 0.25) is 10.0 Å². The van der Waals surface area contributed by atoms with Crippen LogP contribution in [-0.2, 0) is 16.6 Å². The maximum atomic E-state index is 11.8. The van der Waals surface area contributed by atoms with Crippen molar-refractivity contribution in [1.29, 1.82) is 0 Å². The monoisotopic (exact) mass is 423 g/mol. The van der Waals surface area contributed by atoms with Gasteiger partial charge < -0.3 is 10.6 Å². The highest BCUT2D eigenvalue weighted by Gasteiger charge is 2.20. The Morgan fingerprint density at radius 3 is 2.52 bits per heavy atom. The van der Waals surface area contributed by atoms with E-state index in [-0.39, 0.29) is 5.75 Å². The van der Waals surface area contributed by atoms with Crippen molar-refractivity contribution in [3.8, 4) is 0 Å². The molecule has 1 aliphatic heterocycles. The Labute approximate surface area is 176 Å². The number of hydrogen-bond acceptors (Lipinski definition) is 4. The average Bonchev–Trinajstić information content (AvgIpc) is 2.73. The Morgan fingerprint density at radius 1 is 1.21 bits per heavy atom. The summed E-state index contributed by atoms with van der Waals surface area (Å²) in [5.74, 6) is 0.968. The molecule has 164 valence electrons. The number of aliphatic imine (C=N–C) groups is 1. The normalized spacial score (nSPS) is 16.9. The van der Waals surface area contributed by atoms with Crippen LogP contribution >= 0.6 is 0 Å². The van der Waals surface area contributed by atoms with Gasteiger partial charge in [0.1, 0.15) is 0 Å². The molecule has 8 heteroatoms. The van der Waals surface area contributed by atoms with Crippen LogP contribution in [0.25, 0.3) is 0 Å². The van der Waals surface area contributed by atoms with E-state index in [1.165, 1.54) is 9.87 Å². The number of guanidine groups is 1. The first kappa shape index (κ1) is 23.6. The van der Waals surface area contributed by atoms with Crippen LogP contribution in [0.4, 0.5) is 0 Å². The molecule has 2 rings (SSSR count). The number of benzene rings is 1. The number of piperidine rings is 1. The minimum Gasteiger partial charge on any atom is -0.357 e. The van der Waals surface area contributed by atoms with Gasteiger partial charge in [0.15, 0.2) is 5.96 Å². The predicted octanol–water partition coefficient (Wildman–Crippen LogP) is 1.88. The summed E-state index contributed by atoms with van der Waals surface area (Å²) in [5, 5.41) is 6.86. The zero-order valence-corrected chi connectivity index (χ0v) is 18.9. The fraction of sp³-hybridized carbons (Fsp3) is 0.667. The van der Waals surface area contributed by atoms with Crippen LogP contribution in [-0.4, -0.2) is 75.1 Å². The van der Waals surface area contributed by atoms with Gasteiger partial charge in [0, 0.05) is 52.4 Å². The lowest BCUT2D eigenvalue weighted by Gasteiger charge is -2.33. The summed E-state index contributed by atoms with van der Waals surface area (Å²) in [4.78, 5) is 7.14. The minimum atomic E-state index is -3.11. The molecule has 1 heterocycles. The highest BCUT2D eigenvalue weighted by molar-refractivity contribution is 7.89. The number of hydrogen-bond donors (Lipinski definition) is 2. The second-order valence-electron chi connectivity index (χ2n) is 7.52. The summed E-state index contributed by atoms with van der Waals surface area (Å²) >= 11 is 0. The molecule has 7 nitrogen and oxygen atoms in total. The highest BCUT2D eigenvalue weighted by atomic mass is 32.2. The van der Waals surface area contributed by atoms with Crippen LogP contribution in [0.15, 0.2) is 35.3 Å². The number of rotatable bonds is 10. The Balaban J connectivity index is 1.75. The topological polar surface area (TPSA) is 77.0 Å². The van der Waals surface area contributed by atoms with Crippen molar-refractivity contribution in [3.05, 3.63) is 35.9 Å². The Morgan fingerprint density at radius 2 is 1.90 bits per heavy atom. The van der Waals surface area contributed by atoms with Crippen molar-refractivity contribution in [2.75, 3.05) is 45.5 Å². The van der Waals surface area contributed by atoms with E-state index in [2.05, 4.69) is 57.8 Å². The van der Waals surface area contributed by atoms with Crippen molar-refractivity contribution < 1.29 is 8.42 Å². The summed E-state index contributed by atoms with van der Waals surface area (Å²) < 4.78 is 25.0. The number of nitrogens with zero attached hydrogens (tertiary/aromatic N) is 3. The molecule has 0 saturated carbocycles. The van der Waals surface area contributed by atoms with Crippen molar-refractivity contribution in [2.45, 2.75) is 45.7 Å². The minimum absolute atomic E-state index is 0.139. The van der Waals surface area contributed by atoms with E-state index in [0.29, 0.717) is 25.6 Å². The van der Waals surface area contributed by atoms with Gasteiger partial charge in [-0.1, -0.05) is 30.3 Å². The second kappa shape index (κ2) is 12.1.